The number of fused-ring (bicyclic) bond motifs is 10. The Morgan fingerprint density at radius 3 is 1.63 bits per heavy atom. The molecule has 0 spiro atoms. The van der Waals surface area contributed by atoms with Crippen LogP contribution in [-0.4, -0.2) is 9.97 Å². The molecule has 5 aromatic carbocycles. The van der Waals surface area contributed by atoms with Crippen molar-refractivity contribution in [1.82, 2.24) is 19.9 Å². The smallest absolute Gasteiger partial charge is 0.657 e. The number of aryl methyl sites for hydroxylation is 1. The Bertz CT molecular complexity index is 3050. The zero-order valence-corrected chi connectivity index (χ0v) is 34.7. The molecule has 0 aliphatic carbocycles. The van der Waals surface area contributed by atoms with E-state index in [1.54, 1.807) is 0 Å². The van der Waals surface area contributed by atoms with Crippen molar-refractivity contribution < 1.29 is 19.5 Å². The van der Waals surface area contributed by atoms with Crippen LogP contribution in [0.25, 0.3) is 90.2 Å². The summed E-state index contributed by atoms with van der Waals surface area (Å²) in [5.74, 6) is 6.93. The summed E-state index contributed by atoms with van der Waals surface area (Å²) in [6, 6.07) is 48.5. The SMILES string of the molecule is CCCCc1c2nc(c(-c3cccc4ccccc34)c3ccc([n-]3)c(C#Cc3ccccc3)c3nc(c(-c4cccc5ccccc45)c4ccc1[n-]4)C=C3)C=C2.[Zn+2]. The molecule has 0 saturated carbocycles. The summed E-state index contributed by atoms with van der Waals surface area (Å²) in [7, 11) is 0. The summed E-state index contributed by atoms with van der Waals surface area (Å²) in [5.41, 5.74) is 13.8. The van der Waals surface area contributed by atoms with Crippen LogP contribution in [0, 0.1) is 11.8 Å². The van der Waals surface area contributed by atoms with E-state index in [0.717, 1.165) is 114 Å². The van der Waals surface area contributed by atoms with E-state index in [9.17, 15) is 0 Å². The first-order valence-corrected chi connectivity index (χ1v) is 19.3. The Labute approximate surface area is 344 Å². The van der Waals surface area contributed by atoms with Crippen LogP contribution < -0.4 is 9.97 Å². The molecule has 8 bridgehead atoms. The zero-order chi connectivity index (χ0) is 37.4. The Morgan fingerprint density at radius 1 is 0.474 bits per heavy atom. The van der Waals surface area contributed by atoms with Gasteiger partial charge < -0.3 is 9.97 Å². The topological polar surface area (TPSA) is 54.0 Å². The Morgan fingerprint density at radius 2 is 0.982 bits per heavy atom. The maximum absolute atomic E-state index is 5.42. The number of aromatic nitrogens is 4. The Balaban J connectivity index is 0.00000422. The molecule has 2 aliphatic heterocycles. The molecule has 2 aliphatic rings. The number of rotatable bonds is 5. The van der Waals surface area contributed by atoms with Gasteiger partial charge in [0.1, 0.15) is 0 Å². The molecule has 3 aromatic heterocycles. The molecule has 57 heavy (non-hydrogen) atoms. The van der Waals surface area contributed by atoms with Gasteiger partial charge in [0.05, 0.1) is 22.8 Å². The number of hydrogen-bond acceptors (Lipinski definition) is 2. The predicted octanol–water partition coefficient (Wildman–Crippen LogP) is 12.3. The molecular weight excluding hydrogens is 746 g/mol. The fourth-order valence-electron chi connectivity index (χ4n) is 7.98. The van der Waals surface area contributed by atoms with E-state index in [0.29, 0.717) is 0 Å². The van der Waals surface area contributed by atoms with Gasteiger partial charge in [-0.15, -0.1) is 22.1 Å². The summed E-state index contributed by atoms with van der Waals surface area (Å²) < 4.78 is 0. The number of benzene rings is 5. The predicted molar refractivity (Wildman–Crippen MR) is 234 cm³/mol. The number of nitrogens with zero attached hydrogens (tertiary/aromatic N) is 4. The second-order valence-corrected chi connectivity index (χ2v) is 14.2. The van der Waals surface area contributed by atoms with E-state index in [4.69, 9.17) is 19.9 Å². The van der Waals surface area contributed by atoms with Crippen LogP contribution in [0.15, 0.2) is 140 Å². The zero-order valence-electron chi connectivity index (χ0n) is 31.7. The van der Waals surface area contributed by atoms with E-state index in [2.05, 4.69) is 152 Å². The van der Waals surface area contributed by atoms with E-state index in [1.807, 2.05) is 30.3 Å². The van der Waals surface area contributed by atoms with Gasteiger partial charge in [-0.1, -0.05) is 153 Å². The van der Waals surface area contributed by atoms with Crippen LogP contribution in [0.2, 0.25) is 0 Å². The largest absolute Gasteiger partial charge is 2.00 e. The second kappa shape index (κ2) is 15.5. The maximum Gasteiger partial charge on any atom is 2.00 e. The first-order valence-electron chi connectivity index (χ1n) is 19.3. The molecule has 0 saturated heterocycles. The van der Waals surface area contributed by atoms with E-state index in [-0.39, 0.29) is 19.5 Å². The van der Waals surface area contributed by atoms with Crippen LogP contribution in [0.5, 0.6) is 0 Å². The molecule has 0 amide bonds. The molecule has 5 heteroatoms. The van der Waals surface area contributed by atoms with Crippen LogP contribution in [-0.2, 0) is 25.9 Å². The third kappa shape index (κ3) is 6.73. The average Bonchev–Trinajstić information content (AvgIpc) is 4.09. The van der Waals surface area contributed by atoms with Gasteiger partial charge in [-0.05, 0) is 98.6 Å². The molecule has 8 aromatic rings. The number of unbranched alkanes of at least 4 members (excludes halogenated alkanes) is 1. The first kappa shape index (κ1) is 36.1. The van der Waals surface area contributed by atoms with Gasteiger partial charge in [-0.2, -0.15) is 0 Å². The molecule has 4 nitrogen and oxygen atoms in total. The third-order valence-corrected chi connectivity index (χ3v) is 10.7. The minimum absolute atomic E-state index is 0. The van der Waals surface area contributed by atoms with Crippen LogP contribution in [0.1, 0.15) is 59.2 Å². The fraction of sp³-hybridized carbons (Fsp3) is 0.0769. The van der Waals surface area contributed by atoms with Gasteiger partial charge in [0, 0.05) is 11.1 Å². The molecule has 10 rings (SSSR count). The van der Waals surface area contributed by atoms with Gasteiger partial charge >= 0.3 is 19.5 Å². The van der Waals surface area contributed by atoms with Crippen molar-refractivity contribution in [3.63, 3.8) is 0 Å². The Kier molecular flexibility index (Phi) is 9.81. The minimum atomic E-state index is 0. The van der Waals surface area contributed by atoms with Gasteiger partial charge in [0.2, 0.25) is 0 Å². The van der Waals surface area contributed by atoms with Crippen molar-refractivity contribution in [2.45, 2.75) is 26.2 Å². The molecule has 0 N–H and O–H groups in total. The maximum atomic E-state index is 5.42. The fourth-order valence-corrected chi connectivity index (χ4v) is 7.98. The molecule has 0 unspecified atom stereocenters. The molecule has 266 valence electrons. The van der Waals surface area contributed by atoms with Gasteiger partial charge in [0.15, 0.2) is 0 Å². The average molecular weight is 782 g/mol. The van der Waals surface area contributed by atoms with Crippen molar-refractivity contribution in [3.05, 3.63) is 179 Å². The van der Waals surface area contributed by atoms with Crippen LogP contribution in [0.3, 0.4) is 0 Å². The van der Waals surface area contributed by atoms with Crippen LogP contribution in [0.4, 0.5) is 0 Å². The van der Waals surface area contributed by atoms with Crippen molar-refractivity contribution in [2.75, 3.05) is 0 Å². The monoisotopic (exact) mass is 780 g/mol. The summed E-state index contributed by atoms with van der Waals surface area (Å²) >= 11 is 0. The van der Waals surface area contributed by atoms with Gasteiger partial charge in [-0.25, -0.2) is 9.97 Å². The standard InChI is InChI=1S/C52H36N4.Zn/c1-2-3-19-41-43-26-30-47(53-43)51(39-22-11-17-35-15-7-9-20-37(35)39)49-32-28-45(55-49)42(25-24-34-13-5-4-6-14-34)46-29-33-50(56-46)52(48-31-27-44(41)54-48)40-23-12-18-36-16-8-10-21-38(36)40;/h4-18,20-23,26-33H,2-3,19H2,1H3;/q-2;+2. The summed E-state index contributed by atoms with van der Waals surface area (Å²) in [4.78, 5) is 21.6. The molecule has 0 atom stereocenters. The van der Waals surface area contributed by atoms with Crippen molar-refractivity contribution in [3.8, 4) is 34.1 Å². The number of hydrogen-bond donors (Lipinski definition) is 0. The van der Waals surface area contributed by atoms with E-state index >= 15 is 0 Å². The normalized spacial score (nSPS) is 11.7. The van der Waals surface area contributed by atoms with Crippen molar-refractivity contribution in [1.29, 1.82) is 0 Å². The molecule has 0 fully saturated rings. The summed E-state index contributed by atoms with van der Waals surface area (Å²) in [6.07, 6.45) is 11.4. The first-order chi connectivity index (χ1) is 27.7. The molecule has 0 radical (unpaired) electrons. The summed E-state index contributed by atoms with van der Waals surface area (Å²) in [6.45, 7) is 2.23. The van der Waals surface area contributed by atoms with E-state index in [1.165, 1.54) is 10.8 Å². The minimum Gasteiger partial charge on any atom is -0.657 e. The quantitative estimate of drug-likeness (QED) is 0.129. The van der Waals surface area contributed by atoms with Crippen molar-refractivity contribution >= 4 is 67.9 Å². The van der Waals surface area contributed by atoms with Crippen molar-refractivity contribution in [2.24, 2.45) is 0 Å². The second-order valence-electron chi connectivity index (χ2n) is 14.2. The summed E-state index contributed by atoms with van der Waals surface area (Å²) in [5, 5.41) is 4.63. The van der Waals surface area contributed by atoms with Gasteiger partial charge in [0.25, 0.3) is 0 Å². The third-order valence-electron chi connectivity index (χ3n) is 10.7. The van der Waals surface area contributed by atoms with Crippen LogP contribution >= 0.6 is 0 Å². The van der Waals surface area contributed by atoms with Gasteiger partial charge in [-0.3, -0.25) is 0 Å². The van der Waals surface area contributed by atoms with E-state index < -0.39 is 0 Å². The Hall–Kier alpha value is -6.60. The molecule has 5 heterocycles. The molecular formula is C52H36N4Zn.